The van der Waals surface area contributed by atoms with E-state index in [1.807, 2.05) is 0 Å². The number of benzene rings is 1. The Kier molecular flexibility index (Phi) is 3.43. The number of thiazole rings is 1. The van der Waals surface area contributed by atoms with Crippen molar-refractivity contribution in [2.45, 2.75) is 44.6 Å². The molecule has 1 aromatic carbocycles. The quantitative estimate of drug-likeness (QED) is 0.865. The summed E-state index contributed by atoms with van der Waals surface area (Å²) in [6.45, 7) is 1.03. The van der Waals surface area contributed by atoms with Crippen LogP contribution < -0.4 is 4.90 Å². The molecule has 1 aliphatic heterocycles. The van der Waals surface area contributed by atoms with E-state index in [9.17, 15) is 5.11 Å². The van der Waals surface area contributed by atoms with Gasteiger partial charge in [-0.05, 0) is 50.2 Å². The maximum absolute atomic E-state index is 10.2. The third-order valence-corrected chi connectivity index (χ3v) is 5.72. The molecule has 21 heavy (non-hydrogen) atoms. The van der Waals surface area contributed by atoms with Gasteiger partial charge in [0, 0.05) is 12.2 Å². The van der Waals surface area contributed by atoms with E-state index in [1.165, 1.54) is 24.1 Å². The number of hydrogen-bond donors (Lipinski definition) is 1. The van der Waals surface area contributed by atoms with Crippen LogP contribution in [-0.4, -0.2) is 16.6 Å². The summed E-state index contributed by atoms with van der Waals surface area (Å²) >= 11 is 1.69. The maximum Gasteiger partial charge on any atom is 0.190 e. The Morgan fingerprint density at radius 2 is 2.05 bits per heavy atom. The van der Waals surface area contributed by atoms with Gasteiger partial charge < -0.3 is 10.0 Å². The second-order valence-corrected chi connectivity index (χ2v) is 6.96. The van der Waals surface area contributed by atoms with E-state index in [2.05, 4.69) is 29.2 Å². The zero-order valence-electron chi connectivity index (χ0n) is 12.1. The van der Waals surface area contributed by atoms with Crippen molar-refractivity contribution in [1.29, 1.82) is 0 Å². The van der Waals surface area contributed by atoms with Crippen LogP contribution in [0.25, 0.3) is 0 Å². The van der Waals surface area contributed by atoms with Gasteiger partial charge in [0.1, 0.15) is 0 Å². The molecule has 1 aliphatic carbocycles. The fourth-order valence-electron chi connectivity index (χ4n) is 3.39. The Hall–Kier alpha value is -1.39. The second-order valence-electron chi connectivity index (χ2n) is 5.95. The lowest BCUT2D eigenvalue weighted by molar-refractivity contribution is 0.160. The lowest BCUT2D eigenvalue weighted by atomic mass is 10.0. The first kappa shape index (κ1) is 13.3. The van der Waals surface area contributed by atoms with Crippen LogP contribution in [0.3, 0.4) is 0 Å². The molecule has 0 bridgehead atoms. The number of nitrogens with zero attached hydrogens (tertiary/aromatic N) is 2. The molecule has 1 aromatic heterocycles. The maximum atomic E-state index is 10.2. The summed E-state index contributed by atoms with van der Waals surface area (Å²) in [4.78, 5) is 8.30. The van der Waals surface area contributed by atoms with Crippen molar-refractivity contribution in [2.75, 3.05) is 11.4 Å². The van der Waals surface area contributed by atoms with Crippen molar-refractivity contribution < 1.29 is 5.11 Å². The molecule has 1 unspecified atom stereocenters. The van der Waals surface area contributed by atoms with Crippen LogP contribution in [0.4, 0.5) is 10.8 Å². The number of para-hydroxylation sites is 1. The second kappa shape index (κ2) is 5.43. The normalized spacial score (nSPS) is 21.6. The molecule has 0 amide bonds. The van der Waals surface area contributed by atoms with Crippen LogP contribution in [0.5, 0.6) is 0 Å². The van der Waals surface area contributed by atoms with Gasteiger partial charge in [-0.15, -0.1) is 0 Å². The Balaban J connectivity index is 1.76. The van der Waals surface area contributed by atoms with Crippen molar-refractivity contribution in [2.24, 2.45) is 0 Å². The molecule has 2 aliphatic rings. The minimum atomic E-state index is -0.303. The molecule has 0 saturated heterocycles. The van der Waals surface area contributed by atoms with Crippen LogP contribution in [0.15, 0.2) is 24.3 Å². The summed E-state index contributed by atoms with van der Waals surface area (Å²) in [5, 5.41) is 11.2. The van der Waals surface area contributed by atoms with Gasteiger partial charge in [0.15, 0.2) is 5.13 Å². The molecule has 0 spiro atoms. The van der Waals surface area contributed by atoms with E-state index in [4.69, 9.17) is 4.98 Å². The van der Waals surface area contributed by atoms with Gasteiger partial charge >= 0.3 is 0 Å². The van der Waals surface area contributed by atoms with Crippen molar-refractivity contribution in [3.05, 3.63) is 40.4 Å². The molecule has 1 N–H and O–H groups in total. The third kappa shape index (κ3) is 2.36. The van der Waals surface area contributed by atoms with E-state index in [-0.39, 0.29) is 6.10 Å². The highest BCUT2D eigenvalue weighted by atomic mass is 32.1. The molecular formula is C17H20N2OS. The lowest BCUT2D eigenvalue weighted by Crippen LogP contribution is -2.17. The zero-order chi connectivity index (χ0) is 14.2. The minimum Gasteiger partial charge on any atom is -0.388 e. The summed E-state index contributed by atoms with van der Waals surface area (Å²) in [6, 6.07) is 8.67. The van der Waals surface area contributed by atoms with E-state index in [0.717, 1.165) is 47.9 Å². The Morgan fingerprint density at radius 1 is 1.14 bits per heavy atom. The number of anilines is 2. The molecule has 2 aromatic rings. The van der Waals surface area contributed by atoms with Crippen LogP contribution in [-0.2, 0) is 12.8 Å². The largest absolute Gasteiger partial charge is 0.388 e. The molecule has 0 saturated carbocycles. The molecule has 0 radical (unpaired) electrons. The summed E-state index contributed by atoms with van der Waals surface area (Å²) in [6.07, 6.45) is 6.22. The van der Waals surface area contributed by atoms with Gasteiger partial charge in [0.2, 0.25) is 0 Å². The molecule has 2 heterocycles. The molecule has 110 valence electrons. The first-order valence-corrected chi connectivity index (χ1v) is 8.67. The summed E-state index contributed by atoms with van der Waals surface area (Å²) in [5.41, 5.74) is 3.84. The Labute approximate surface area is 129 Å². The third-order valence-electron chi connectivity index (χ3n) is 4.50. The summed E-state index contributed by atoms with van der Waals surface area (Å²) < 4.78 is 0. The van der Waals surface area contributed by atoms with Crippen molar-refractivity contribution >= 4 is 22.2 Å². The highest BCUT2D eigenvalue weighted by Gasteiger charge is 2.26. The first-order chi connectivity index (χ1) is 10.3. The predicted octanol–water partition coefficient (Wildman–Crippen LogP) is 3.99. The average Bonchev–Trinajstić information content (AvgIpc) is 2.82. The van der Waals surface area contributed by atoms with E-state index in [1.54, 1.807) is 11.3 Å². The fraction of sp³-hybridized carbons (Fsp3) is 0.471. The fourth-order valence-corrected chi connectivity index (χ4v) is 4.56. The van der Waals surface area contributed by atoms with E-state index >= 15 is 0 Å². The molecule has 4 rings (SSSR count). The van der Waals surface area contributed by atoms with Gasteiger partial charge in [-0.25, -0.2) is 4.98 Å². The van der Waals surface area contributed by atoms with Gasteiger partial charge in [0.05, 0.1) is 16.7 Å². The molecular weight excluding hydrogens is 280 g/mol. The predicted molar refractivity (Wildman–Crippen MR) is 86.4 cm³/mol. The number of aliphatic hydroxyl groups is 1. The van der Waals surface area contributed by atoms with Crippen LogP contribution in [0.1, 0.15) is 47.9 Å². The number of aliphatic hydroxyl groups excluding tert-OH is 1. The zero-order valence-corrected chi connectivity index (χ0v) is 12.9. The monoisotopic (exact) mass is 300 g/mol. The number of rotatable bonds is 1. The highest BCUT2D eigenvalue weighted by molar-refractivity contribution is 7.15. The molecule has 1 atom stereocenters. The van der Waals surface area contributed by atoms with Crippen molar-refractivity contribution in [3.8, 4) is 0 Å². The molecule has 0 fully saturated rings. The van der Waals surface area contributed by atoms with Crippen LogP contribution in [0, 0.1) is 0 Å². The van der Waals surface area contributed by atoms with Crippen LogP contribution in [0.2, 0.25) is 0 Å². The number of fused-ring (bicyclic) bond motifs is 2. The first-order valence-electron chi connectivity index (χ1n) is 7.86. The smallest absolute Gasteiger partial charge is 0.190 e. The summed E-state index contributed by atoms with van der Waals surface area (Å²) in [7, 11) is 0. The van der Waals surface area contributed by atoms with Crippen LogP contribution >= 0.6 is 11.3 Å². The average molecular weight is 300 g/mol. The van der Waals surface area contributed by atoms with Crippen molar-refractivity contribution in [1.82, 2.24) is 4.98 Å². The van der Waals surface area contributed by atoms with E-state index in [0.29, 0.717) is 0 Å². The number of hydrogen-bond acceptors (Lipinski definition) is 4. The topological polar surface area (TPSA) is 36.4 Å². The van der Waals surface area contributed by atoms with Crippen molar-refractivity contribution in [3.63, 3.8) is 0 Å². The minimum absolute atomic E-state index is 0.303. The highest BCUT2D eigenvalue weighted by Crippen LogP contribution is 2.41. The van der Waals surface area contributed by atoms with Gasteiger partial charge in [-0.3, -0.25) is 0 Å². The Morgan fingerprint density at radius 3 is 2.95 bits per heavy atom. The van der Waals surface area contributed by atoms with Gasteiger partial charge in [-0.2, -0.15) is 0 Å². The molecule has 4 heteroatoms. The van der Waals surface area contributed by atoms with E-state index < -0.39 is 0 Å². The summed E-state index contributed by atoms with van der Waals surface area (Å²) in [5.74, 6) is 0. The number of aryl methyl sites for hydroxylation is 2. The lowest BCUT2D eigenvalue weighted by Gasteiger charge is -2.21. The SMILES string of the molecule is OC1CCCc2nc(N3CCCCc4ccccc43)sc21. The standard InChI is InChI=1S/C17H20N2OS/c20-15-10-5-8-13-16(15)21-17(18-13)19-11-4-3-7-12-6-1-2-9-14(12)19/h1-2,6,9,15,20H,3-5,7-8,10-11H2. The number of aromatic nitrogens is 1. The Bertz CT molecular complexity index is 652. The van der Waals surface area contributed by atoms with Gasteiger partial charge in [-0.1, -0.05) is 29.5 Å². The molecule has 3 nitrogen and oxygen atoms in total. The van der Waals surface area contributed by atoms with Gasteiger partial charge in [0.25, 0.3) is 0 Å².